The highest BCUT2D eigenvalue weighted by atomic mass is 16.1. The Balaban J connectivity index is 1.40. The lowest BCUT2D eigenvalue weighted by molar-refractivity contribution is 0.200. The SMILES string of the molecule is Cc1ccc(C)c(N2CCN(C(c3cc4cc(C)c(C)cc4[nH]c3=O)c3nnnn3Cc3ccccc3)CC2)c1. The summed E-state index contributed by atoms with van der Waals surface area (Å²) in [5, 5.41) is 14.0. The lowest BCUT2D eigenvalue weighted by Crippen LogP contribution is -2.49. The van der Waals surface area contributed by atoms with Crippen LogP contribution in [0.5, 0.6) is 0 Å². The minimum Gasteiger partial charge on any atom is -0.369 e. The van der Waals surface area contributed by atoms with E-state index in [2.05, 4.69) is 94.4 Å². The monoisotopic (exact) mass is 533 g/mol. The molecule has 1 unspecified atom stereocenters. The highest BCUT2D eigenvalue weighted by Gasteiger charge is 2.33. The van der Waals surface area contributed by atoms with Gasteiger partial charge in [0.15, 0.2) is 5.82 Å². The normalized spacial score (nSPS) is 15.1. The molecule has 0 radical (unpaired) electrons. The van der Waals surface area contributed by atoms with Gasteiger partial charge in [-0.15, -0.1) is 5.10 Å². The first kappa shape index (κ1) is 26.0. The van der Waals surface area contributed by atoms with Gasteiger partial charge in [0.1, 0.15) is 6.04 Å². The van der Waals surface area contributed by atoms with Crippen LogP contribution in [0.25, 0.3) is 10.9 Å². The molecule has 1 aliphatic heterocycles. The van der Waals surface area contributed by atoms with Crippen LogP contribution in [-0.4, -0.2) is 56.3 Å². The summed E-state index contributed by atoms with van der Waals surface area (Å²) >= 11 is 0. The van der Waals surface area contributed by atoms with Gasteiger partial charge in [-0.25, -0.2) is 4.68 Å². The van der Waals surface area contributed by atoms with Crippen molar-refractivity contribution < 1.29 is 0 Å². The summed E-state index contributed by atoms with van der Waals surface area (Å²) in [6, 6.07) is 22.6. The number of nitrogens with zero attached hydrogens (tertiary/aromatic N) is 6. The Bertz CT molecular complexity index is 1720. The number of tetrazole rings is 1. The van der Waals surface area contributed by atoms with Crippen molar-refractivity contribution in [2.24, 2.45) is 0 Å². The summed E-state index contributed by atoms with van der Waals surface area (Å²) < 4.78 is 1.83. The molecule has 0 amide bonds. The van der Waals surface area contributed by atoms with Gasteiger partial charge < -0.3 is 9.88 Å². The lowest BCUT2D eigenvalue weighted by atomic mass is 10.00. The number of nitrogens with one attached hydrogen (secondary N) is 1. The Hall–Kier alpha value is -4.30. The number of aryl methyl sites for hydroxylation is 4. The molecule has 1 atom stereocenters. The van der Waals surface area contributed by atoms with Gasteiger partial charge in [-0.1, -0.05) is 42.5 Å². The molecular formula is C32H35N7O. The Morgan fingerprint density at radius 2 is 1.60 bits per heavy atom. The maximum Gasteiger partial charge on any atom is 0.253 e. The number of hydrogen-bond donors (Lipinski definition) is 1. The van der Waals surface area contributed by atoms with E-state index in [0.717, 1.165) is 48.2 Å². The van der Waals surface area contributed by atoms with Crippen LogP contribution in [0.1, 0.15) is 45.2 Å². The van der Waals surface area contributed by atoms with Crippen molar-refractivity contribution in [1.29, 1.82) is 0 Å². The largest absolute Gasteiger partial charge is 0.369 e. The zero-order valence-corrected chi connectivity index (χ0v) is 23.6. The molecule has 3 aromatic carbocycles. The van der Waals surface area contributed by atoms with Gasteiger partial charge in [-0.2, -0.15) is 0 Å². The van der Waals surface area contributed by atoms with E-state index in [1.807, 2.05) is 35.0 Å². The van der Waals surface area contributed by atoms with Crippen molar-refractivity contribution in [3.63, 3.8) is 0 Å². The minimum atomic E-state index is -0.380. The molecule has 1 aliphatic rings. The van der Waals surface area contributed by atoms with Crippen LogP contribution in [0.2, 0.25) is 0 Å². The zero-order valence-electron chi connectivity index (χ0n) is 23.6. The minimum absolute atomic E-state index is 0.105. The van der Waals surface area contributed by atoms with Crippen molar-refractivity contribution >= 4 is 16.6 Å². The van der Waals surface area contributed by atoms with Crippen LogP contribution < -0.4 is 10.5 Å². The fourth-order valence-corrected chi connectivity index (χ4v) is 5.75. The fourth-order valence-electron chi connectivity index (χ4n) is 5.75. The van der Waals surface area contributed by atoms with Gasteiger partial charge in [0.25, 0.3) is 5.56 Å². The number of hydrogen-bond acceptors (Lipinski definition) is 6. The first-order chi connectivity index (χ1) is 19.4. The number of piperazine rings is 1. The van der Waals surface area contributed by atoms with Crippen molar-refractivity contribution in [2.75, 3.05) is 31.1 Å². The van der Waals surface area contributed by atoms with Crippen molar-refractivity contribution in [3.8, 4) is 0 Å². The quantitative estimate of drug-likeness (QED) is 0.341. The topological polar surface area (TPSA) is 82.9 Å². The van der Waals surface area contributed by atoms with E-state index in [4.69, 9.17) is 0 Å². The molecule has 8 nitrogen and oxygen atoms in total. The highest BCUT2D eigenvalue weighted by molar-refractivity contribution is 5.81. The highest BCUT2D eigenvalue weighted by Crippen LogP contribution is 2.30. The first-order valence-electron chi connectivity index (χ1n) is 13.9. The summed E-state index contributed by atoms with van der Waals surface area (Å²) in [6.45, 7) is 12.3. The predicted octanol–water partition coefficient (Wildman–Crippen LogP) is 4.71. The Labute approximate surface area is 234 Å². The van der Waals surface area contributed by atoms with Crippen molar-refractivity contribution in [3.05, 3.63) is 116 Å². The second kappa shape index (κ2) is 10.7. The fraction of sp³-hybridized carbons (Fsp3) is 0.312. The van der Waals surface area contributed by atoms with E-state index in [-0.39, 0.29) is 11.6 Å². The van der Waals surface area contributed by atoms with E-state index in [1.165, 1.54) is 22.4 Å². The Morgan fingerprint density at radius 1 is 0.850 bits per heavy atom. The molecule has 1 fully saturated rings. The number of benzene rings is 3. The van der Waals surface area contributed by atoms with Gasteiger partial charge >= 0.3 is 0 Å². The lowest BCUT2D eigenvalue weighted by Gasteiger charge is -2.40. The smallest absolute Gasteiger partial charge is 0.253 e. The van der Waals surface area contributed by atoms with Crippen LogP contribution in [0.3, 0.4) is 0 Å². The third-order valence-electron chi connectivity index (χ3n) is 8.15. The van der Waals surface area contributed by atoms with Gasteiger partial charge in [0, 0.05) is 42.9 Å². The summed E-state index contributed by atoms with van der Waals surface area (Å²) in [7, 11) is 0. The van der Waals surface area contributed by atoms with E-state index >= 15 is 0 Å². The molecule has 5 aromatic rings. The second-order valence-corrected chi connectivity index (χ2v) is 11.0. The number of H-pyrrole nitrogens is 1. The third kappa shape index (κ3) is 5.02. The predicted molar refractivity (Wildman–Crippen MR) is 159 cm³/mol. The second-order valence-electron chi connectivity index (χ2n) is 11.0. The van der Waals surface area contributed by atoms with E-state index in [0.29, 0.717) is 17.9 Å². The third-order valence-corrected chi connectivity index (χ3v) is 8.15. The number of pyridine rings is 1. The van der Waals surface area contributed by atoms with E-state index < -0.39 is 0 Å². The molecule has 1 saturated heterocycles. The molecule has 0 bridgehead atoms. The van der Waals surface area contributed by atoms with Crippen LogP contribution in [0, 0.1) is 27.7 Å². The van der Waals surface area contributed by atoms with Gasteiger partial charge in [0.2, 0.25) is 0 Å². The van der Waals surface area contributed by atoms with Crippen molar-refractivity contribution in [2.45, 2.75) is 40.3 Å². The van der Waals surface area contributed by atoms with Crippen LogP contribution in [0.4, 0.5) is 5.69 Å². The van der Waals surface area contributed by atoms with E-state index in [9.17, 15) is 4.79 Å². The number of aromatic amines is 1. The molecule has 0 spiro atoms. The molecule has 8 heteroatoms. The summed E-state index contributed by atoms with van der Waals surface area (Å²) in [6.07, 6.45) is 0. The summed E-state index contributed by atoms with van der Waals surface area (Å²) in [5.41, 5.74) is 8.67. The number of fused-ring (bicyclic) bond motifs is 1. The standard InChI is InChI=1S/C32H35N7O/c1-21-10-11-22(2)29(16-21)37-12-14-38(15-13-37)30(31-34-35-36-39(31)20-25-8-6-5-7-9-25)27-19-26-17-23(3)24(4)18-28(26)33-32(27)40/h5-11,16-19,30H,12-15,20H2,1-4H3,(H,33,40). The van der Waals surface area contributed by atoms with Gasteiger partial charge in [-0.05, 0) is 95.6 Å². The summed E-state index contributed by atoms with van der Waals surface area (Å²) in [5.74, 6) is 0.678. The molecule has 204 valence electrons. The van der Waals surface area contributed by atoms with Gasteiger partial charge in [0.05, 0.1) is 6.54 Å². The van der Waals surface area contributed by atoms with Crippen LogP contribution >= 0.6 is 0 Å². The molecule has 6 rings (SSSR count). The molecule has 0 saturated carbocycles. The zero-order chi connectivity index (χ0) is 27.8. The van der Waals surface area contributed by atoms with Crippen molar-refractivity contribution in [1.82, 2.24) is 30.1 Å². The van der Waals surface area contributed by atoms with E-state index in [1.54, 1.807) is 0 Å². The van der Waals surface area contributed by atoms with Crippen LogP contribution in [-0.2, 0) is 6.54 Å². The number of anilines is 1. The van der Waals surface area contributed by atoms with Crippen LogP contribution in [0.15, 0.2) is 71.5 Å². The Kier molecular flexibility index (Phi) is 6.94. The molecule has 40 heavy (non-hydrogen) atoms. The summed E-state index contributed by atoms with van der Waals surface area (Å²) in [4.78, 5) is 21.6. The molecule has 1 N–H and O–H groups in total. The molecule has 2 aromatic heterocycles. The first-order valence-corrected chi connectivity index (χ1v) is 13.9. The number of rotatable bonds is 6. The molecule has 0 aliphatic carbocycles. The maximum absolute atomic E-state index is 13.7. The molecule has 3 heterocycles. The Morgan fingerprint density at radius 3 is 2.38 bits per heavy atom. The average Bonchev–Trinajstić information content (AvgIpc) is 3.40. The molecular weight excluding hydrogens is 498 g/mol. The maximum atomic E-state index is 13.7. The van der Waals surface area contributed by atoms with Gasteiger partial charge in [-0.3, -0.25) is 9.69 Å². The number of aromatic nitrogens is 5. The average molecular weight is 534 g/mol.